The number of benzene rings is 1. The van der Waals surface area contributed by atoms with Gasteiger partial charge in [0.25, 0.3) is 0 Å². The van der Waals surface area contributed by atoms with E-state index in [2.05, 4.69) is 6.07 Å². The Kier molecular flexibility index (Phi) is 4.95. The Morgan fingerprint density at radius 1 is 1.14 bits per heavy atom. The van der Waals surface area contributed by atoms with E-state index in [9.17, 15) is 4.79 Å². The number of hydrogen-bond donors (Lipinski definition) is 0. The summed E-state index contributed by atoms with van der Waals surface area (Å²) in [5.41, 5.74) is 2.34. The van der Waals surface area contributed by atoms with Crippen LogP contribution >= 0.6 is 24.8 Å². The van der Waals surface area contributed by atoms with E-state index in [1.807, 2.05) is 25.2 Å². The fourth-order valence-electron chi connectivity index (χ4n) is 1.59. The van der Waals surface area contributed by atoms with E-state index < -0.39 is 0 Å². The third kappa shape index (κ3) is 2.20. The number of amides is 1. The molecule has 0 saturated heterocycles. The number of nitrogens with zero attached hydrogens (tertiary/aromatic N) is 1. The summed E-state index contributed by atoms with van der Waals surface area (Å²) in [5, 5.41) is 0. The molecule has 1 aliphatic heterocycles. The SMILES string of the molecule is CN1C(=O)CCc2ccccc21.Cl.Cl. The molecule has 1 aromatic carbocycles. The first-order chi connectivity index (χ1) is 5.79. The molecule has 14 heavy (non-hydrogen) atoms. The number of anilines is 1. The number of aryl methyl sites for hydroxylation is 1. The molecule has 2 nitrogen and oxygen atoms in total. The van der Waals surface area contributed by atoms with Gasteiger partial charge in [-0.25, -0.2) is 0 Å². The first kappa shape index (κ1) is 13.3. The zero-order valence-corrected chi connectivity index (χ0v) is 9.53. The van der Waals surface area contributed by atoms with Gasteiger partial charge in [-0.3, -0.25) is 4.79 Å². The smallest absolute Gasteiger partial charge is 0.227 e. The molecule has 1 heterocycles. The van der Waals surface area contributed by atoms with Crippen LogP contribution in [0.15, 0.2) is 24.3 Å². The number of fused-ring (bicyclic) bond motifs is 1. The molecule has 0 unspecified atom stereocenters. The molecule has 1 amide bonds. The average Bonchev–Trinajstić information content (AvgIpc) is 2.12. The molecule has 0 N–H and O–H groups in total. The van der Waals surface area contributed by atoms with E-state index in [0.29, 0.717) is 6.42 Å². The molecule has 2 rings (SSSR count). The van der Waals surface area contributed by atoms with Crippen molar-refractivity contribution in [2.24, 2.45) is 0 Å². The van der Waals surface area contributed by atoms with Gasteiger partial charge in [0.2, 0.25) is 5.91 Å². The summed E-state index contributed by atoms with van der Waals surface area (Å²) in [6.45, 7) is 0. The standard InChI is InChI=1S/C10H11NO.2ClH/c1-11-9-5-3-2-4-8(9)6-7-10(11)12;;/h2-5H,6-7H2,1H3;2*1H. The van der Waals surface area contributed by atoms with Crippen LogP contribution in [0.25, 0.3) is 0 Å². The highest BCUT2D eigenvalue weighted by Gasteiger charge is 2.19. The second kappa shape index (κ2) is 5.23. The van der Waals surface area contributed by atoms with Crippen LogP contribution in [0.4, 0.5) is 5.69 Å². The number of carbonyl (C=O) groups is 1. The molecule has 0 aliphatic carbocycles. The van der Waals surface area contributed by atoms with Gasteiger partial charge in [0.15, 0.2) is 0 Å². The minimum absolute atomic E-state index is 0. The maximum atomic E-state index is 11.3. The predicted molar refractivity (Wildman–Crippen MR) is 62.7 cm³/mol. The minimum Gasteiger partial charge on any atom is -0.315 e. The van der Waals surface area contributed by atoms with Crippen molar-refractivity contribution in [3.63, 3.8) is 0 Å². The maximum Gasteiger partial charge on any atom is 0.227 e. The zero-order chi connectivity index (χ0) is 8.55. The van der Waals surface area contributed by atoms with Crippen molar-refractivity contribution in [1.29, 1.82) is 0 Å². The van der Waals surface area contributed by atoms with Crippen molar-refractivity contribution < 1.29 is 4.79 Å². The lowest BCUT2D eigenvalue weighted by molar-refractivity contribution is -0.118. The lowest BCUT2D eigenvalue weighted by Gasteiger charge is -2.25. The molecule has 78 valence electrons. The Bertz CT molecular complexity index is 328. The van der Waals surface area contributed by atoms with E-state index in [1.54, 1.807) is 4.90 Å². The summed E-state index contributed by atoms with van der Waals surface area (Å²) in [6, 6.07) is 8.06. The molecule has 4 heteroatoms. The Labute approximate surface area is 96.1 Å². The molecule has 0 saturated carbocycles. The number of halogens is 2. The molecule has 0 aromatic heterocycles. The minimum atomic E-state index is 0. The van der Waals surface area contributed by atoms with E-state index in [-0.39, 0.29) is 30.7 Å². The number of carbonyl (C=O) groups excluding carboxylic acids is 1. The summed E-state index contributed by atoms with van der Waals surface area (Å²) in [6.07, 6.45) is 1.53. The normalized spacial score (nSPS) is 13.8. The summed E-state index contributed by atoms with van der Waals surface area (Å²) in [5.74, 6) is 0.216. The Balaban J connectivity index is 0.000000845. The van der Waals surface area contributed by atoms with Gasteiger partial charge in [-0.2, -0.15) is 0 Å². The van der Waals surface area contributed by atoms with Crippen molar-refractivity contribution in [2.45, 2.75) is 12.8 Å². The van der Waals surface area contributed by atoms with E-state index in [4.69, 9.17) is 0 Å². The summed E-state index contributed by atoms with van der Waals surface area (Å²) >= 11 is 0. The van der Waals surface area contributed by atoms with Gasteiger partial charge >= 0.3 is 0 Å². The number of rotatable bonds is 0. The van der Waals surface area contributed by atoms with Gasteiger partial charge in [0.1, 0.15) is 0 Å². The Hall–Kier alpha value is -0.730. The lowest BCUT2D eigenvalue weighted by Crippen LogP contribution is -2.30. The monoisotopic (exact) mass is 233 g/mol. The highest BCUT2D eigenvalue weighted by atomic mass is 35.5. The van der Waals surface area contributed by atoms with Gasteiger partial charge in [-0.15, -0.1) is 24.8 Å². The third-order valence-corrected chi connectivity index (χ3v) is 2.34. The maximum absolute atomic E-state index is 11.3. The molecule has 0 radical (unpaired) electrons. The molecular formula is C10H13Cl2NO. The number of hydrogen-bond acceptors (Lipinski definition) is 1. The van der Waals surface area contributed by atoms with Crippen LogP contribution in [0.2, 0.25) is 0 Å². The van der Waals surface area contributed by atoms with Crippen LogP contribution in [0, 0.1) is 0 Å². The van der Waals surface area contributed by atoms with E-state index in [1.165, 1.54) is 5.56 Å². The fraction of sp³-hybridized carbons (Fsp3) is 0.300. The predicted octanol–water partition coefficient (Wildman–Crippen LogP) is 2.44. The first-order valence-corrected chi connectivity index (χ1v) is 4.13. The molecule has 0 fully saturated rings. The highest BCUT2D eigenvalue weighted by Crippen LogP contribution is 2.25. The molecule has 0 atom stereocenters. The molecule has 1 aromatic rings. The van der Waals surface area contributed by atoms with E-state index >= 15 is 0 Å². The molecular weight excluding hydrogens is 221 g/mol. The molecule has 0 bridgehead atoms. The lowest BCUT2D eigenvalue weighted by atomic mass is 10.0. The Morgan fingerprint density at radius 3 is 2.50 bits per heavy atom. The largest absolute Gasteiger partial charge is 0.315 e. The van der Waals surface area contributed by atoms with Gasteiger partial charge in [-0.1, -0.05) is 18.2 Å². The molecule has 0 spiro atoms. The van der Waals surface area contributed by atoms with Crippen LogP contribution in [0.3, 0.4) is 0 Å². The second-order valence-corrected chi connectivity index (χ2v) is 3.08. The second-order valence-electron chi connectivity index (χ2n) is 3.08. The Morgan fingerprint density at radius 2 is 1.79 bits per heavy atom. The van der Waals surface area contributed by atoms with Crippen molar-refractivity contribution in [3.05, 3.63) is 29.8 Å². The van der Waals surface area contributed by atoms with Crippen molar-refractivity contribution >= 4 is 36.4 Å². The summed E-state index contributed by atoms with van der Waals surface area (Å²) in [7, 11) is 1.83. The van der Waals surface area contributed by atoms with Crippen molar-refractivity contribution in [2.75, 3.05) is 11.9 Å². The summed E-state index contributed by atoms with van der Waals surface area (Å²) in [4.78, 5) is 13.0. The van der Waals surface area contributed by atoms with Crippen LogP contribution in [0.5, 0.6) is 0 Å². The summed E-state index contributed by atoms with van der Waals surface area (Å²) < 4.78 is 0. The van der Waals surface area contributed by atoms with Gasteiger partial charge < -0.3 is 4.90 Å². The van der Waals surface area contributed by atoms with Crippen LogP contribution < -0.4 is 4.90 Å². The topological polar surface area (TPSA) is 20.3 Å². The van der Waals surface area contributed by atoms with Gasteiger partial charge in [-0.05, 0) is 18.1 Å². The van der Waals surface area contributed by atoms with Gasteiger partial charge in [0, 0.05) is 19.2 Å². The first-order valence-electron chi connectivity index (χ1n) is 4.13. The zero-order valence-electron chi connectivity index (χ0n) is 7.90. The number of para-hydroxylation sites is 1. The van der Waals surface area contributed by atoms with Crippen molar-refractivity contribution in [1.82, 2.24) is 0 Å². The fourth-order valence-corrected chi connectivity index (χ4v) is 1.59. The van der Waals surface area contributed by atoms with Crippen LogP contribution in [0.1, 0.15) is 12.0 Å². The molecule has 1 aliphatic rings. The third-order valence-electron chi connectivity index (χ3n) is 2.34. The van der Waals surface area contributed by atoms with E-state index in [0.717, 1.165) is 12.1 Å². The van der Waals surface area contributed by atoms with Gasteiger partial charge in [0.05, 0.1) is 0 Å². The highest BCUT2D eigenvalue weighted by molar-refractivity contribution is 5.95. The quantitative estimate of drug-likeness (QED) is 0.675. The van der Waals surface area contributed by atoms with Crippen LogP contribution in [-0.2, 0) is 11.2 Å². The van der Waals surface area contributed by atoms with Crippen LogP contribution in [-0.4, -0.2) is 13.0 Å². The average molecular weight is 234 g/mol. The van der Waals surface area contributed by atoms with Crippen molar-refractivity contribution in [3.8, 4) is 0 Å².